The summed E-state index contributed by atoms with van der Waals surface area (Å²) in [4.78, 5) is 10.9. The van der Waals surface area contributed by atoms with Gasteiger partial charge in [-0.2, -0.15) is 0 Å². The third kappa shape index (κ3) is 2.93. The van der Waals surface area contributed by atoms with Crippen LogP contribution in [0.3, 0.4) is 0 Å². The van der Waals surface area contributed by atoms with Gasteiger partial charge in [0.15, 0.2) is 11.6 Å². The number of aryl methyl sites for hydroxylation is 1. The maximum absolute atomic E-state index is 13.4. The van der Waals surface area contributed by atoms with E-state index in [0.717, 1.165) is 6.07 Å². The summed E-state index contributed by atoms with van der Waals surface area (Å²) >= 11 is 0. The number of halogens is 2. The molecule has 104 valence electrons. The molecule has 0 heterocycles. The molecule has 0 saturated heterocycles. The fourth-order valence-electron chi connectivity index (χ4n) is 1.79. The highest BCUT2D eigenvalue weighted by Gasteiger charge is 2.10. The maximum Gasteiger partial charge on any atom is 0.335 e. The minimum atomic E-state index is -1.02. The number of hydrogen-bond donors (Lipinski definition) is 1. The second kappa shape index (κ2) is 5.69. The minimum absolute atomic E-state index is 0.102. The van der Waals surface area contributed by atoms with E-state index in [9.17, 15) is 13.6 Å². The van der Waals surface area contributed by atoms with E-state index in [4.69, 9.17) is 9.84 Å². The summed E-state index contributed by atoms with van der Waals surface area (Å²) in [6.45, 7) is 1.51. The Balaban J connectivity index is 2.13. The fourth-order valence-corrected chi connectivity index (χ4v) is 1.79. The van der Waals surface area contributed by atoms with Crippen LogP contribution in [0.4, 0.5) is 8.78 Å². The number of carbonyl (C=O) groups is 1. The van der Waals surface area contributed by atoms with Crippen molar-refractivity contribution in [3.63, 3.8) is 0 Å². The van der Waals surface area contributed by atoms with Crippen LogP contribution in [-0.2, 0) is 6.61 Å². The summed E-state index contributed by atoms with van der Waals surface area (Å²) in [5.74, 6) is -2.49. The van der Waals surface area contributed by atoms with Crippen molar-refractivity contribution in [1.29, 1.82) is 0 Å². The smallest absolute Gasteiger partial charge is 0.335 e. The van der Waals surface area contributed by atoms with Gasteiger partial charge in [0.05, 0.1) is 5.56 Å². The Kier molecular flexibility index (Phi) is 3.98. The Hall–Kier alpha value is -2.43. The summed E-state index contributed by atoms with van der Waals surface area (Å²) in [5.41, 5.74) is 0.814. The van der Waals surface area contributed by atoms with Gasteiger partial charge in [-0.15, -0.1) is 0 Å². The van der Waals surface area contributed by atoms with Crippen LogP contribution < -0.4 is 4.74 Å². The Morgan fingerprint density at radius 3 is 2.65 bits per heavy atom. The first-order valence-electron chi connectivity index (χ1n) is 5.88. The molecular weight excluding hydrogens is 266 g/mol. The zero-order valence-corrected chi connectivity index (χ0v) is 10.7. The predicted molar refractivity (Wildman–Crippen MR) is 68.8 cm³/mol. The molecule has 0 bridgehead atoms. The molecule has 0 atom stereocenters. The van der Waals surface area contributed by atoms with Crippen LogP contribution >= 0.6 is 0 Å². The average Bonchev–Trinajstić information content (AvgIpc) is 2.40. The Morgan fingerprint density at radius 1 is 1.25 bits per heavy atom. The molecule has 0 aliphatic carbocycles. The second-order valence-corrected chi connectivity index (χ2v) is 4.28. The van der Waals surface area contributed by atoms with Gasteiger partial charge >= 0.3 is 5.97 Å². The van der Waals surface area contributed by atoms with Crippen LogP contribution in [0.15, 0.2) is 36.4 Å². The summed E-state index contributed by atoms with van der Waals surface area (Å²) in [7, 11) is 0. The largest absolute Gasteiger partial charge is 0.489 e. The second-order valence-electron chi connectivity index (χ2n) is 4.28. The van der Waals surface area contributed by atoms with Crippen LogP contribution in [-0.4, -0.2) is 11.1 Å². The number of carboxylic acid groups (broad SMARTS) is 1. The van der Waals surface area contributed by atoms with E-state index in [2.05, 4.69) is 0 Å². The molecule has 0 saturated carbocycles. The lowest BCUT2D eigenvalue weighted by Gasteiger charge is -2.09. The zero-order chi connectivity index (χ0) is 14.7. The first-order valence-corrected chi connectivity index (χ1v) is 5.88. The van der Waals surface area contributed by atoms with Crippen molar-refractivity contribution in [2.24, 2.45) is 0 Å². The lowest BCUT2D eigenvalue weighted by Crippen LogP contribution is -2.02. The molecular formula is C15H12F2O3. The number of benzene rings is 2. The van der Waals surface area contributed by atoms with Crippen LogP contribution in [0.25, 0.3) is 0 Å². The molecule has 2 aromatic carbocycles. The van der Waals surface area contributed by atoms with E-state index >= 15 is 0 Å². The van der Waals surface area contributed by atoms with E-state index in [1.54, 1.807) is 13.0 Å². The van der Waals surface area contributed by atoms with E-state index in [-0.39, 0.29) is 17.7 Å². The molecule has 0 amide bonds. The normalized spacial score (nSPS) is 10.3. The molecule has 2 aromatic rings. The predicted octanol–water partition coefficient (Wildman–Crippen LogP) is 3.55. The highest BCUT2D eigenvalue weighted by atomic mass is 19.2. The first kappa shape index (κ1) is 14.0. The number of carboxylic acids is 1. The summed E-state index contributed by atoms with van der Waals surface area (Å²) in [6, 6.07) is 8.29. The molecule has 0 aromatic heterocycles. The number of ether oxygens (including phenoxy) is 1. The third-order valence-corrected chi connectivity index (χ3v) is 2.85. The molecule has 0 aliphatic rings. The SMILES string of the molecule is Cc1cc(OCc2cccc(F)c2F)ccc1C(=O)O. The van der Waals surface area contributed by atoms with Crippen molar-refractivity contribution in [2.75, 3.05) is 0 Å². The lowest BCUT2D eigenvalue weighted by molar-refractivity contribution is 0.0696. The van der Waals surface area contributed by atoms with E-state index in [1.807, 2.05) is 0 Å². The Bertz CT molecular complexity index is 654. The Labute approximate surface area is 114 Å². The maximum atomic E-state index is 13.4. The van der Waals surface area contributed by atoms with Gasteiger partial charge in [-0.3, -0.25) is 0 Å². The molecule has 2 rings (SSSR count). The summed E-state index contributed by atoms with van der Waals surface area (Å²) in [5, 5.41) is 8.90. The van der Waals surface area contributed by atoms with Crippen molar-refractivity contribution in [1.82, 2.24) is 0 Å². The van der Waals surface area contributed by atoms with Gasteiger partial charge in [-0.1, -0.05) is 12.1 Å². The minimum Gasteiger partial charge on any atom is -0.489 e. The van der Waals surface area contributed by atoms with Crippen LogP contribution in [0.1, 0.15) is 21.5 Å². The van der Waals surface area contributed by atoms with Crippen molar-refractivity contribution < 1.29 is 23.4 Å². The highest BCUT2D eigenvalue weighted by molar-refractivity contribution is 5.89. The van der Waals surface area contributed by atoms with Gasteiger partial charge in [0.1, 0.15) is 12.4 Å². The monoisotopic (exact) mass is 278 g/mol. The van der Waals surface area contributed by atoms with Crippen LogP contribution in [0.5, 0.6) is 5.75 Å². The molecule has 3 nitrogen and oxygen atoms in total. The zero-order valence-electron chi connectivity index (χ0n) is 10.7. The topological polar surface area (TPSA) is 46.5 Å². The molecule has 1 N–H and O–H groups in total. The van der Waals surface area contributed by atoms with Crippen molar-refractivity contribution in [3.8, 4) is 5.75 Å². The number of hydrogen-bond acceptors (Lipinski definition) is 2. The molecule has 0 fully saturated rings. The quantitative estimate of drug-likeness (QED) is 0.930. The van der Waals surface area contributed by atoms with E-state index < -0.39 is 17.6 Å². The van der Waals surface area contributed by atoms with Crippen molar-refractivity contribution >= 4 is 5.97 Å². The fraction of sp³-hybridized carbons (Fsp3) is 0.133. The van der Waals surface area contributed by atoms with Crippen molar-refractivity contribution in [2.45, 2.75) is 13.5 Å². The van der Waals surface area contributed by atoms with E-state index in [1.165, 1.54) is 24.3 Å². The van der Waals surface area contributed by atoms with Crippen LogP contribution in [0.2, 0.25) is 0 Å². The molecule has 0 unspecified atom stereocenters. The Morgan fingerprint density at radius 2 is 2.00 bits per heavy atom. The molecule has 20 heavy (non-hydrogen) atoms. The highest BCUT2D eigenvalue weighted by Crippen LogP contribution is 2.20. The summed E-state index contributed by atoms with van der Waals surface area (Å²) in [6.07, 6.45) is 0. The van der Waals surface area contributed by atoms with Gasteiger partial charge in [-0.25, -0.2) is 13.6 Å². The van der Waals surface area contributed by atoms with Gasteiger partial charge in [0.25, 0.3) is 0 Å². The molecule has 0 spiro atoms. The van der Waals surface area contributed by atoms with Gasteiger partial charge in [0.2, 0.25) is 0 Å². The summed E-state index contributed by atoms with van der Waals surface area (Å²) < 4.78 is 31.8. The van der Waals surface area contributed by atoms with Crippen molar-refractivity contribution in [3.05, 3.63) is 64.7 Å². The average molecular weight is 278 g/mol. The first-order chi connectivity index (χ1) is 9.49. The number of aromatic carboxylic acids is 1. The third-order valence-electron chi connectivity index (χ3n) is 2.85. The van der Waals surface area contributed by atoms with E-state index in [0.29, 0.717) is 11.3 Å². The van der Waals surface area contributed by atoms with Gasteiger partial charge in [-0.05, 0) is 36.8 Å². The number of rotatable bonds is 4. The molecule has 5 heteroatoms. The molecule has 0 aliphatic heterocycles. The standard InChI is InChI=1S/C15H12F2O3/c1-9-7-11(5-6-12(9)15(18)19)20-8-10-3-2-4-13(16)14(10)17/h2-7H,8H2,1H3,(H,18,19). The lowest BCUT2D eigenvalue weighted by atomic mass is 10.1. The molecule has 0 radical (unpaired) electrons. The van der Waals surface area contributed by atoms with Gasteiger partial charge < -0.3 is 9.84 Å². The van der Waals surface area contributed by atoms with Crippen LogP contribution in [0, 0.1) is 18.6 Å². The van der Waals surface area contributed by atoms with Gasteiger partial charge in [0, 0.05) is 5.56 Å².